The number of carboxylic acids is 1. The van der Waals surface area contributed by atoms with Crippen molar-refractivity contribution < 1.29 is 19.8 Å². The molecular formula is C18H19NO4. The molecule has 0 aliphatic rings. The number of carbonyl (C=O) groups is 2. The number of nitrogens with zero attached hydrogens (tertiary/aromatic N) is 1. The third kappa shape index (κ3) is 3.57. The van der Waals surface area contributed by atoms with E-state index in [9.17, 15) is 19.8 Å². The second-order valence-corrected chi connectivity index (χ2v) is 5.36. The number of hydrogen-bond acceptors (Lipinski definition) is 3. The van der Waals surface area contributed by atoms with E-state index in [0.29, 0.717) is 5.56 Å². The minimum Gasteiger partial charge on any atom is -0.478 e. The summed E-state index contributed by atoms with van der Waals surface area (Å²) in [6.45, 7) is 1.72. The van der Waals surface area contributed by atoms with Gasteiger partial charge in [0.2, 0.25) is 0 Å². The molecule has 0 fully saturated rings. The molecule has 2 aromatic carbocycles. The number of rotatable bonds is 5. The van der Waals surface area contributed by atoms with Crippen LogP contribution in [-0.2, 0) is 0 Å². The Morgan fingerprint density at radius 1 is 0.957 bits per heavy atom. The monoisotopic (exact) mass is 313 g/mol. The largest absolute Gasteiger partial charge is 0.478 e. The molecule has 0 bridgehead atoms. The van der Waals surface area contributed by atoms with Crippen LogP contribution in [0.15, 0.2) is 54.6 Å². The van der Waals surface area contributed by atoms with E-state index >= 15 is 0 Å². The molecule has 1 amide bonds. The highest BCUT2D eigenvalue weighted by Crippen LogP contribution is 2.22. The summed E-state index contributed by atoms with van der Waals surface area (Å²) in [5.74, 6) is -1.59. The van der Waals surface area contributed by atoms with Gasteiger partial charge in [-0.15, -0.1) is 0 Å². The summed E-state index contributed by atoms with van der Waals surface area (Å²) in [7, 11) is 1.55. The van der Waals surface area contributed by atoms with Gasteiger partial charge in [0.15, 0.2) is 0 Å². The van der Waals surface area contributed by atoms with Crippen LogP contribution in [0.4, 0.5) is 0 Å². The van der Waals surface area contributed by atoms with Crippen molar-refractivity contribution in [2.24, 2.45) is 0 Å². The van der Waals surface area contributed by atoms with Gasteiger partial charge in [-0.1, -0.05) is 42.5 Å². The lowest BCUT2D eigenvalue weighted by Gasteiger charge is -2.29. The second kappa shape index (κ2) is 7.07. The standard InChI is InChI=1S/C18H19NO4/c1-12(16(20)13-8-4-3-5-9-13)19(2)17(21)14-10-6-7-11-15(14)18(22)23/h3-12,16,20H,1-2H3,(H,22,23). The Kier molecular flexibility index (Phi) is 5.13. The first-order chi connectivity index (χ1) is 10.9. The first-order valence-corrected chi connectivity index (χ1v) is 7.26. The highest BCUT2D eigenvalue weighted by Gasteiger charge is 2.27. The lowest BCUT2D eigenvalue weighted by molar-refractivity contribution is 0.0481. The quantitative estimate of drug-likeness (QED) is 0.889. The molecule has 0 saturated carbocycles. The van der Waals surface area contributed by atoms with Gasteiger partial charge in [-0.05, 0) is 24.6 Å². The van der Waals surface area contributed by atoms with Crippen LogP contribution in [0.2, 0.25) is 0 Å². The minimum absolute atomic E-state index is 0.0502. The smallest absolute Gasteiger partial charge is 0.336 e. The van der Waals surface area contributed by atoms with Crippen LogP contribution in [0.25, 0.3) is 0 Å². The van der Waals surface area contributed by atoms with Gasteiger partial charge in [0, 0.05) is 7.05 Å². The summed E-state index contributed by atoms with van der Waals surface area (Å²) in [5, 5.41) is 19.6. The molecule has 0 radical (unpaired) electrons. The molecule has 2 atom stereocenters. The van der Waals surface area contributed by atoms with Crippen molar-refractivity contribution in [2.75, 3.05) is 7.05 Å². The molecule has 5 nitrogen and oxygen atoms in total. The topological polar surface area (TPSA) is 77.8 Å². The minimum atomic E-state index is -1.15. The molecule has 2 N–H and O–H groups in total. The Morgan fingerprint density at radius 3 is 2.04 bits per heavy atom. The average molecular weight is 313 g/mol. The van der Waals surface area contributed by atoms with Gasteiger partial charge in [0.1, 0.15) is 0 Å². The van der Waals surface area contributed by atoms with E-state index < -0.39 is 24.0 Å². The zero-order chi connectivity index (χ0) is 17.0. The van der Waals surface area contributed by atoms with Gasteiger partial charge in [0.05, 0.1) is 23.3 Å². The van der Waals surface area contributed by atoms with E-state index in [1.165, 1.54) is 17.0 Å². The van der Waals surface area contributed by atoms with Gasteiger partial charge >= 0.3 is 5.97 Å². The highest BCUT2D eigenvalue weighted by atomic mass is 16.4. The summed E-state index contributed by atoms with van der Waals surface area (Å²) in [6, 6.07) is 14.6. The summed E-state index contributed by atoms with van der Waals surface area (Å²) in [5.41, 5.74) is 0.756. The van der Waals surface area contributed by atoms with Crippen molar-refractivity contribution in [1.82, 2.24) is 4.90 Å². The van der Waals surface area contributed by atoms with Gasteiger partial charge in [-0.3, -0.25) is 4.79 Å². The first kappa shape index (κ1) is 16.7. The van der Waals surface area contributed by atoms with Crippen molar-refractivity contribution in [3.63, 3.8) is 0 Å². The summed E-state index contributed by atoms with van der Waals surface area (Å²) >= 11 is 0. The number of aliphatic hydroxyl groups excluding tert-OH is 1. The molecule has 0 heterocycles. The van der Waals surface area contributed by atoms with Crippen LogP contribution in [0.1, 0.15) is 39.3 Å². The van der Waals surface area contributed by atoms with Crippen LogP contribution in [0.3, 0.4) is 0 Å². The molecule has 0 aliphatic heterocycles. The maximum Gasteiger partial charge on any atom is 0.336 e. The third-order valence-electron chi connectivity index (χ3n) is 3.92. The molecular weight excluding hydrogens is 294 g/mol. The molecule has 0 aromatic heterocycles. The van der Waals surface area contributed by atoms with Crippen molar-refractivity contribution in [1.29, 1.82) is 0 Å². The molecule has 2 aromatic rings. The Bertz CT molecular complexity index is 699. The average Bonchev–Trinajstić information content (AvgIpc) is 2.59. The van der Waals surface area contributed by atoms with E-state index in [4.69, 9.17) is 0 Å². The number of amides is 1. The second-order valence-electron chi connectivity index (χ2n) is 5.36. The predicted octanol–water partition coefficient (Wildman–Crippen LogP) is 2.58. The lowest BCUT2D eigenvalue weighted by atomic mass is 10.0. The number of likely N-dealkylation sites (N-methyl/N-ethyl adjacent to an activating group) is 1. The third-order valence-corrected chi connectivity index (χ3v) is 3.92. The number of hydrogen-bond donors (Lipinski definition) is 2. The van der Waals surface area contributed by atoms with Gasteiger partial charge in [-0.2, -0.15) is 0 Å². The van der Waals surface area contributed by atoms with Crippen molar-refractivity contribution in [3.8, 4) is 0 Å². The van der Waals surface area contributed by atoms with Gasteiger partial charge in [0.25, 0.3) is 5.91 Å². The fraction of sp³-hybridized carbons (Fsp3) is 0.222. The van der Waals surface area contributed by atoms with Crippen LogP contribution in [-0.4, -0.2) is 40.1 Å². The number of benzene rings is 2. The van der Waals surface area contributed by atoms with Crippen LogP contribution in [0.5, 0.6) is 0 Å². The maximum atomic E-state index is 12.6. The van der Waals surface area contributed by atoms with Gasteiger partial charge in [-0.25, -0.2) is 4.79 Å². The number of aromatic carboxylic acids is 1. The summed E-state index contributed by atoms with van der Waals surface area (Å²) in [4.78, 5) is 25.2. The summed E-state index contributed by atoms with van der Waals surface area (Å²) in [6.07, 6.45) is -0.859. The van der Waals surface area contributed by atoms with E-state index in [0.717, 1.165) is 0 Å². The van der Waals surface area contributed by atoms with E-state index in [2.05, 4.69) is 0 Å². The van der Waals surface area contributed by atoms with E-state index in [1.807, 2.05) is 18.2 Å². The van der Waals surface area contributed by atoms with Crippen LogP contribution < -0.4 is 0 Å². The van der Waals surface area contributed by atoms with Crippen molar-refractivity contribution in [2.45, 2.75) is 19.1 Å². The molecule has 5 heteroatoms. The fourth-order valence-electron chi connectivity index (χ4n) is 2.37. The normalized spacial score (nSPS) is 13.2. The van der Waals surface area contributed by atoms with E-state index in [-0.39, 0.29) is 11.1 Å². The van der Waals surface area contributed by atoms with Crippen LogP contribution >= 0.6 is 0 Å². The van der Waals surface area contributed by atoms with Crippen LogP contribution in [0, 0.1) is 0 Å². The number of aliphatic hydroxyl groups is 1. The summed E-state index contributed by atoms with van der Waals surface area (Å²) < 4.78 is 0. The number of carboxylic acid groups (broad SMARTS) is 1. The SMILES string of the molecule is CC(C(O)c1ccccc1)N(C)C(=O)c1ccccc1C(=O)O. The van der Waals surface area contributed by atoms with Crippen molar-refractivity contribution >= 4 is 11.9 Å². The Balaban J connectivity index is 2.24. The predicted molar refractivity (Wildman–Crippen MR) is 86.4 cm³/mol. The Hall–Kier alpha value is -2.66. The molecule has 2 rings (SSSR count). The van der Waals surface area contributed by atoms with Crippen molar-refractivity contribution in [3.05, 3.63) is 71.3 Å². The molecule has 23 heavy (non-hydrogen) atoms. The van der Waals surface area contributed by atoms with Gasteiger partial charge < -0.3 is 15.1 Å². The molecule has 0 spiro atoms. The first-order valence-electron chi connectivity index (χ1n) is 7.26. The zero-order valence-corrected chi connectivity index (χ0v) is 13.0. The molecule has 0 saturated heterocycles. The Morgan fingerprint density at radius 2 is 1.48 bits per heavy atom. The molecule has 0 aliphatic carbocycles. The lowest BCUT2D eigenvalue weighted by Crippen LogP contribution is -2.39. The maximum absolute atomic E-state index is 12.6. The highest BCUT2D eigenvalue weighted by molar-refractivity contribution is 6.04. The molecule has 2 unspecified atom stereocenters. The fourth-order valence-corrected chi connectivity index (χ4v) is 2.37. The van der Waals surface area contributed by atoms with E-state index in [1.54, 1.807) is 38.2 Å². The molecule has 120 valence electrons. The number of carbonyl (C=O) groups excluding carboxylic acids is 1. The Labute approximate surface area is 134 Å². The zero-order valence-electron chi connectivity index (χ0n) is 13.0.